The first-order valence-electron chi connectivity index (χ1n) is 5.69. The summed E-state index contributed by atoms with van der Waals surface area (Å²) < 4.78 is 36.4. The zero-order chi connectivity index (χ0) is 14.5. The van der Waals surface area contributed by atoms with Crippen molar-refractivity contribution in [3.05, 3.63) is 28.2 Å². The van der Waals surface area contributed by atoms with Crippen LogP contribution in [0.4, 0.5) is 18.9 Å². The van der Waals surface area contributed by atoms with Gasteiger partial charge in [0.15, 0.2) is 0 Å². The zero-order valence-electron chi connectivity index (χ0n) is 10.1. The van der Waals surface area contributed by atoms with Gasteiger partial charge in [0.05, 0.1) is 5.56 Å². The molecule has 0 radical (unpaired) electrons. The second-order valence-corrected chi connectivity index (χ2v) is 4.98. The number of nitrogens with one attached hydrogen (secondary N) is 1. The van der Waals surface area contributed by atoms with Crippen LogP contribution in [0.2, 0.25) is 0 Å². The number of alkyl halides is 3. The van der Waals surface area contributed by atoms with Crippen molar-refractivity contribution in [2.75, 3.05) is 12.3 Å². The number of carbonyl (C=O) groups excluding carboxylic acids is 1. The van der Waals surface area contributed by atoms with E-state index in [1.165, 1.54) is 0 Å². The van der Waals surface area contributed by atoms with E-state index in [0.29, 0.717) is 11.3 Å². The van der Waals surface area contributed by atoms with Gasteiger partial charge in [0.2, 0.25) is 0 Å². The average molecular weight is 339 g/mol. The van der Waals surface area contributed by atoms with Gasteiger partial charge in [0.25, 0.3) is 5.91 Å². The Labute approximate surface area is 117 Å². The molecule has 0 aliphatic heterocycles. The molecule has 1 aromatic rings. The van der Waals surface area contributed by atoms with Gasteiger partial charge in [-0.15, -0.1) is 0 Å². The van der Waals surface area contributed by atoms with Crippen LogP contribution in [-0.2, 0) is 0 Å². The standard InChI is InChI=1S/C12H14BrF3N2O/c13-8-3-4-9(10(17)7-8)11(19)18-6-2-1-5-12(14,15)16/h3-4,7H,1-2,5-6,17H2,(H,18,19). The van der Waals surface area contributed by atoms with Gasteiger partial charge in [-0.05, 0) is 31.0 Å². The van der Waals surface area contributed by atoms with E-state index in [4.69, 9.17) is 5.73 Å². The summed E-state index contributed by atoms with van der Waals surface area (Å²) >= 11 is 3.22. The topological polar surface area (TPSA) is 55.1 Å². The van der Waals surface area contributed by atoms with Crippen molar-refractivity contribution in [2.45, 2.75) is 25.4 Å². The average Bonchev–Trinajstić information content (AvgIpc) is 2.26. The third kappa shape index (κ3) is 5.96. The summed E-state index contributed by atoms with van der Waals surface area (Å²) in [4.78, 5) is 11.7. The quantitative estimate of drug-likeness (QED) is 0.637. The molecule has 1 rings (SSSR count). The Bertz CT molecular complexity index is 449. The molecule has 0 spiro atoms. The summed E-state index contributed by atoms with van der Waals surface area (Å²) in [5.74, 6) is -0.378. The molecule has 0 heterocycles. The minimum absolute atomic E-state index is 0.000397. The fourth-order valence-electron chi connectivity index (χ4n) is 1.49. The molecule has 0 unspecified atom stereocenters. The van der Waals surface area contributed by atoms with Crippen molar-refractivity contribution in [2.24, 2.45) is 0 Å². The van der Waals surface area contributed by atoms with Crippen LogP contribution in [0, 0.1) is 0 Å². The van der Waals surface area contributed by atoms with Gasteiger partial charge >= 0.3 is 6.18 Å². The number of halogens is 4. The molecule has 0 saturated carbocycles. The van der Waals surface area contributed by atoms with Crippen molar-refractivity contribution < 1.29 is 18.0 Å². The minimum atomic E-state index is -4.14. The molecule has 3 nitrogen and oxygen atoms in total. The van der Waals surface area contributed by atoms with Crippen LogP contribution in [0.1, 0.15) is 29.6 Å². The lowest BCUT2D eigenvalue weighted by molar-refractivity contribution is -0.135. The Morgan fingerprint density at radius 2 is 2.00 bits per heavy atom. The first-order valence-corrected chi connectivity index (χ1v) is 6.49. The fourth-order valence-corrected chi connectivity index (χ4v) is 1.87. The molecule has 3 N–H and O–H groups in total. The molecular weight excluding hydrogens is 325 g/mol. The van der Waals surface area contributed by atoms with E-state index in [1.807, 2.05) is 0 Å². The summed E-state index contributed by atoms with van der Waals surface area (Å²) in [5, 5.41) is 2.54. The predicted octanol–water partition coefficient (Wildman–Crippen LogP) is 3.49. The zero-order valence-corrected chi connectivity index (χ0v) is 11.6. The number of amides is 1. The smallest absolute Gasteiger partial charge is 0.389 e. The highest BCUT2D eigenvalue weighted by atomic mass is 79.9. The van der Waals surface area contributed by atoms with E-state index in [0.717, 1.165) is 4.47 Å². The first-order chi connectivity index (χ1) is 8.79. The van der Waals surface area contributed by atoms with Gasteiger partial charge < -0.3 is 11.1 Å². The van der Waals surface area contributed by atoms with E-state index in [9.17, 15) is 18.0 Å². The van der Waals surface area contributed by atoms with Gasteiger partial charge in [0, 0.05) is 23.1 Å². The molecule has 0 aliphatic rings. The number of benzene rings is 1. The Morgan fingerprint density at radius 1 is 1.32 bits per heavy atom. The monoisotopic (exact) mass is 338 g/mol. The molecule has 7 heteroatoms. The molecule has 0 aliphatic carbocycles. The molecule has 0 fully saturated rings. The molecule has 0 bridgehead atoms. The Balaban J connectivity index is 2.36. The SMILES string of the molecule is Nc1cc(Br)ccc1C(=O)NCCCCC(F)(F)F. The number of anilines is 1. The van der Waals surface area contributed by atoms with Gasteiger partial charge in [-0.2, -0.15) is 13.2 Å². The number of hydrogen-bond donors (Lipinski definition) is 2. The number of nitrogen functional groups attached to an aromatic ring is 1. The Hall–Kier alpha value is -1.24. The highest BCUT2D eigenvalue weighted by molar-refractivity contribution is 9.10. The van der Waals surface area contributed by atoms with Gasteiger partial charge in [-0.3, -0.25) is 4.79 Å². The molecule has 1 aromatic carbocycles. The van der Waals surface area contributed by atoms with Crippen molar-refractivity contribution in [1.82, 2.24) is 5.32 Å². The normalized spacial score (nSPS) is 11.4. The molecule has 1 amide bonds. The van der Waals surface area contributed by atoms with Crippen molar-refractivity contribution in [3.63, 3.8) is 0 Å². The number of carbonyl (C=O) groups is 1. The second-order valence-electron chi connectivity index (χ2n) is 4.06. The number of hydrogen-bond acceptors (Lipinski definition) is 2. The fraction of sp³-hybridized carbons (Fsp3) is 0.417. The van der Waals surface area contributed by atoms with Crippen LogP contribution in [0.15, 0.2) is 22.7 Å². The van der Waals surface area contributed by atoms with E-state index < -0.39 is 12.6 Å². The van der Waals surface area contributed by atoms with Gasteiger partial charge in [0.1, 0.15) is 0 Å². The van der Waals surface area contributed by atoms with E-state index in [2.05, 4.69) is 21.2 Å². The third-order valence-corrected chi connectivity index (χ3v) is 2.92. The second kappa shape index (κ2) is 6.79. The van der Waals surface area contributed by atoms with Crippen LogP contribution in [0.3, 0.4) is 0 Å². The van der Waals surface area contributed by atoms with Crippen LogP contribution >= 0.6 is 15.9 Å². The summed E-state index contributed by atoms with van der Waals surface area (Å²) in [6.45, 7) is 0.199. The minimum Gasteiger partial charge on any atom is -0.398 e. The van der Waals surface area contributed by atoms with Gasteiger partial charge in [-0.25, -0.2) is 0 Å². The summed E-state index contributed by atoms with van der Waals surface area (Å²) in [7, 11) is 0. The van der Waals surface area contributed by atoms with Crippen LogP contribution in [0.25, 0.3) is 0 Å². The predicted molar refractivity (Wildman–Crippen MR) is 70.8 cm³/mol. The van der Waals surface area contributed by atoms with E-state index >= 15 is 0 Å². The van der Waals surface area contributed by atoms with Crippen molar-refractivity contribution in [3.8, 4) is 0 Å². The summed E-state index contributed by atoms with van der Waals surface area (Å²) in [6, 6.07) is 4.83. The number of unbranched alkanes of at least 4 members (excludes halogenated alkanes) is 1. The van der Waals surface area contributed by atoms with E-state index in [-0.39, 0.29) is 25.3 Å². The van der Waals surface area contributed by atoms with Crippen LogP contribution in [0.5, 0.6) is 0 Å². The lowest BCUT2D eigenvalue weighted by atomic mass is 10.1. The number of nitrogens with two attached hydrogens (primary N) is 1. The maximum Gasteiger partial charge on any atom is 0.389 e. The highest BCUT2D eigenvalue weighted by Gasteiger charge is 2.25. The highest BCUT2D eigenvalue weighted by Crippen LogP contribution is 2.22. The maximum absolute atomic E-state index is 11.9. The van der Waals surface area contributed by atoms with Gasteiger partial charge in [-0.1, -0.05) is 15.9 Å². The molecule has 0 atom stereocenters. The molecule has 0 saturated heterocycles. The summed E-state index contributed by atoms with van der Waals surface area (Å²) in [6.07, 6.45) is -4.69. The van der Waals surface area contributed by atoms with Crippen LogP contribution in [-0.4, -0.2) is 18.6 Å². The van der Waals surface area contributed by atoms with Crippen molar-refractivity contribution >= 4 is 27.5 Å². The number of rotatable bonds is 5. The lowest BCUT2D eigenvalue weighted by Gasteiger charge is -2.08. The first kappa shape index (κ1) is 15.8. The van der Waals surface area contributed by atoms with Crippen molar-refractivity contribution in [1.29, 1.82) is 0 Å². The molecular formula is C12H14BrF3N2O. The third-order valence-electron chi connectivity index (χ3n) is 2.43. The molecule has 19 heavy (non-hydrogen) atoms. The van der Waals surface area contributed by atoms with Crippen LogP contribution < -0.4 is 11.1 Å². The summed E-state index contributed by atoms with van der Waals surface area (Å²) in [5.41, 5.74) is 6.31. The Morgan fingerprint density at radius 3 is 2.58 bits per heavy atom. The maximum atomic E-state index is 11.9. The lowest BCUT2D eigenvalue weighted by Crippen LogP contribution is -2.25. The Kier molecular flexibility index (Phi) is 5.65. The molecule has 0 aromatic heterocycles. The molecule has 106 valence electrons. The largest absolute Gasteiger partial charge is 0.398 e. The van der Waals surface area contributed by atoms with E-state index in [1.54, 1.807) is 18.2 Å².